The molecule has 2 aromatic rings. The molecular weight excluding hydrogens is 202 g/mol. The van der Waals surface area contributed by atoms with Crippen molar-refractivity contribution in [2.75, 3.05) is 5.32 Å². The molecule has 0 fully saturated rings. The predicted octanol–water partition coefficient (Wildman–Crippen LogP) is 2.42. The van der Waals surface area contributed by atoms with Crippen molar-refractivity contribution in [3.8, 4) is 0 Å². The third kappa shape index (κ3) is 2.82. The lowest BCUT2D eigenvalue weighted by Gasteiger charge is -2.12. The Morgan fingerprint density at radius 3 is 3.00 bits per heavy atom. The number of hydrogen-bond acceptors (Lipinski definition) is 4. The highest BCUT2D eigenvalue weighted by molar-refractivity contribution is 5.26. The van der Waals surface area contributed by atoms with Gasteiger partial charge in [-0.3, -0.25) is 0 Å². The average Bonchev–Trinajstić information content (AvgIpc) is 2.70. The van der Waals surface area contributed by atoms with Crippen LogP contribution in [0.25, 0.3) is 0 Å². The molecular formula is C12H15N3O. The highest BCUT2D eigenvalue weighted by Crippen LogP contribution is 2.07. The summed E-state index contributed by atoms with van der Waals surface area (Å²) in [5, 5.41) is 3.24. The SMILES string of the molecule is Cc1ccnc(NC(C)Cc2ccco2)n1. The van der Waals surface area contributed by atoms with Crippen LogP contribution in [-0.4, -0.2) is 16.0 Å². The number of nitrogens with zero attached hydrogens (tertiary/aromatic N) is 2. The molecule has 2 heterocycles. The third-order valence-electron chi connectivity index (χ3n) is 2.26. The first-order valence-electron chi connectivity index (χ1n) is 5.32. The fraction of sp³-hybridized carbons (Fsp3) is 0.333. The summed E-state index contributed by atoms with van der Waals surface area (Å²) in [6.07, 6.45) is 4.26. The normalized spacial score (nSPS) is 12.4. The van der Waals surface area contributed by atoms with Gasteiger partial charge in [0.25, 0.3) is 0 Å². The van der Waals surface area contributed by atoms with Crippen LogP contribution >= 0.6 is 0 Å². The second kappa shape index (κ2) is 4.79. The van der Waals surface area contributed by atoms with E-state index in [1.807, 2.05) is 25.1 Å². The molecule has 0 aliphatic rings. The van der Waals surface area contributed by atoms with E-state index in [1.54, 1.807) is 12.5 Å². The highest BCUT2D eigenvalue weighted by Gasteiger charge is 2.06. The van der Waals surface area contributed by atoms with E-state index in [2.05, 4.69) is 22.2 Å². The molecule has 4 heteroatoms. The van der Waals surface area contributed by atoms with E-state index in [0.29, 0.717) is 5.95 Å². The number of furan rings is 1. The molecule has 0 bridgehead atoms. The molecule has 0 aliphatic carbocycles. The zero-order valence-electron chi connectivity index (χ0n) is 9.47. The standard InChI is InChI=1S/C12H15N3O/c1-9-5-6-13-12(14-9)15-10(2)8-11-4-3-7-16-11/h3-7,10H,8H2,1-2H3,(H,13,14,15). The Bertz CT molecular complexity index is 439. The molecule has 16 heavy (non-hydrogen) atoms. The molecule has 0 saturated carbocycles. The summed E-state index contributed by atoms with van der Waals surface area (Å²) in [6, 6.07) is 5.98. The summed E-state index contributed by atoms with van der Waals surface area (Å²) < 4.78 is 5.28. The number of aryl methyl sites for hydroxylation is 1. The van der Waals surface area contributed by atoms with Crippen molar-refractivity contribution in [3.63, 3.8) is 0 Å². The minimum atomic E-state index is 0.243. The van der Waals surface area contributed by atoms with E-state index in [4.69, 9.17) is 4.42 Å². The molecule has 1 N–H and O–H groups in total. The van der Waals surface area contributed by atoms with Crippen LogP contribution < -0.4 is 5.32 Å². The molecule has 84 valence electrons. The van der Waals surface area contributed by atoms with Crippen molar-refractivity contribution in [1.82, 2.24) is 9.97 Å². The molecule has 1 atom stereocenters. The lowest BCUT2D eigenvalue weighted by molar-refractivity contribution is 0.497. The predicted molar refractivity (Wildman–Crippen MR) is 62.3 cm³/mol. The van der Waals surface area contributed by atoms with Gasteiger partial charge in [-0.05, 0) is 32.0 Å². The molecule has 0 radical (unpaired) electrons. The molecule has 1 unspecified atom stereocenters. The average molecular weight is 217 g/mol. The van der Waals surface area contributed by atoms with Gasteiger partial charge in [-0.2, -0.15) is 0 Å². The summed E-state index contributed by atoms with van der Waals surface area (Å²) in [5.74, 6) is 1.63. The number of nitrogens with one attached hydrogen (secondary N) is 1. The second-order valence-electron chi connectivity index (χ2n) is 3.85. The fourth-order valence-corrected chi connectivity index (χ4v) is 1.52. The second-order valence-corrected chi connectivity index (χ2v) is 3.85. The summed E-state index contributed by atoms with van der Waals surface area (Å²) in [4.78, 5) is 8.45. The minimum Gasteiger partial charge on any atom is -0.469 e. The van der Waals surface area contributed by atoms with Crippen LogP contribution in [-0.2, 0) is 6.42 Å². The Kier molecular flexibility index (Phi) is 3.19. The zero-order valence-corrected chi connectivity index (χ0v) is 9.47. The first-order valence-corrected chi connectivity index (χ1v) is 5.32. The van der Waals surface area contributed by atoms with E-state index in [0.717, 1.165) is 17.9 Å². The summed E-state index contributed by atoms with van der Waals surface area (Å²) in [7, 11) is 0. The molecule has 0 spiro atoms. The Morgan fingerprint density at radius 1 is 1.44 bits per heavy atom. The van der Waals surface area contributed by atoms with Crippen molar-refractivity contribution in [3.05, 3.63) is 42.1 Å². The first kappa shape index (κ1) is 10.7. The number of hydrogen-bond donors (Lipinski definition) is 1. The van der Waals surface area contributed by atoms with Gasteiger partial charge in [-0.1, -0.05) is 0 Å². The van der Waals surface area contributed by atoms with Crippen molar-refractivity contribution >= 4 is 5.95 Å². The molecule has 0 amide bonds. The van der Waals surface area contributed by atoms with Gasteiger partial charge in [0.1, 0.15) is 5.76 Å². The molecule has 4 nitrogen and oxygen atoms in total. The largest absolute Gasteiger partial charge is 0.469 e. The third-order valence-corrected chi connectivity index (χ3v) is 2.26. The van der Waals surface area contributed by atoms with Gasteiger partial charge < -0.3 is 9.73 Å². The van der Waals surface area contributed by atoms with E-state index in [-0.39, 0.29) is 6.04 Å². The van der Waals surface area contributed by atoms with Crippen molar-refractivity contribution < 1.29 is 4.42 Å². The van der Waals surface area contributed by atoms with E-state index < -0.39 is 0 Å². The van der Waals surface area contributed by atoms with Crippen LogP contribution in [0.1, 0.15) is 18.4 Å². The van der Waals surface area contributed by atoms with Gasteiger partial charge in [-0.15, -0.1) is 0 Å². The van der Waals surface area contributed by atoms with Gasteiger partial charge in [0, 0.05) is 24.4 Å². The Morgan fingerprint density at radius 2 is 2.31 bits per heavy atom. The van der Waals surface area contributed by atoms with Crippen LogP contribution in [0.15, 0.2) is 35.1 Å². The molecule has 0 saturated heterocycles. The van der Waals surface area contributed by atoms with Crippen LogP contribution in [0.3, 0.4) is 0 Å². The topological polar surface area (TPSA) is 51.0 Å². The maximum Gasteiger partial charge on any atom is 0.223 e. The Balaban J connectivity index is 1.94. The van der Waals surface area contributed by atoms with Gasteiger partial charge >= 0.3 is 0 Å². The van der Waals surface area contributed by atoms with Crippen LogP contribution in [0.2, 0.25) is 0 Å². The van der Waals surface area contributed by atoms with Crippen LogP contribution in [0.4, 0.5) is 5.95 Å². The zero-order chi connectivity index (χ0) is 11.4. The number of anilines is 1. The Labute approximate surface area is 94.7 Å². The van der Waals surface area contributed by atoms with Crippen molar-refractivity contribution in [2.45, 2.75) is 26.3 Å². The van der Waals surface area contributed by atoms with E-state index >= 15 is 0 Å². The van der Waals surface area contributed by atoms with Crippen molar-refractivity contribution in [1.29, 1.82) is 0 Å². The highest BCUT2D eigenvalue weighted by atomic mass is 16.3. The summed E-state index contributed by atoms with van der Waals surface area (Å²) in [5.41, 5.74) is 0.961. The van der Waals surface area contributed by atoms with E-state index in [1.165, 1.54) is 0 Å². The first-order chi connectivity index (χ1) is 7.74. The monoisotopic (exact) mass is 217 g/mol. The van der Waals surface area contributed by atoms with E-state index in [9.17, 15) is 0 Å². The van der Waals surface area contributed by atoms with Crippen LogP contribution in [0.5, 0.6) is 0 Å². The smallest absolute Gasteiger partial charge is 0.223 e. The number of aromatic nitrogens is 2. The number of rotatable bonds is 4. The van der Waals surface area contributed by atoms with Crippen molar-refractivity contribution in [2.24, 2.45) is 0 Å². The molecule has 2 rings (SSSR count). The maximum absolute atomic E-state index is 5.28. The maximum atomic E-state index is 5.28. The lowest BCUT2D eigenvalue weighted by atomic mass is 10.2. The van der Waals surface area contributed by atoms with Crippen LogP contribution in [0, 0.1) is 6.92 Å². The lowest BCUT2D eigenvalue weighted by Crippen LogP contribution is -2.19. The van der Waals surface area contributed by atoms with Gasteiger partial charge in [0.15, 0.2) is 0 Å². The minimum absolute atomic E-state index is 0.243. The quantitative estimate of drug-likeness (QED) is 0.854. The molecule has 0 aliphatic heterocycles. The molecule has 2 aromatic heterocycles. The molecule has 0 aromatic carbocycles. The van der Waals surface area contributed by atoms with Gasteiger partial charge in [0.05, 0.1) is 6.26 Å². The van der Waals surface area contributed by atoms with Gasteiger partial charge in [0.2, 0.25) is 5.95 Å². The fourth-order valence-electron chi connectivity index (χ4n) is 1.52. The Hall–Kier alpha value is -1.84. The summed E-state index contributed by atoms with van der Waals surface area (Å²) >= 11 is 0. The van der Waals surface area contributed by atoms with Gasteiger partial charge in [-0.25, -0.2) is 9.97 Å². The summed E-state index contributed by atoms with van der Waals surface area (Å²) in [6.45, 7) is 4.03.